The third-order valence-corrected chi connectivity index (χ3v) is 1.51. The van der Waals surface area contributed by atoms with Gasteiger partial charge in [-0.3, -0.25) is 5.26 Å². The number of aliphatic hydroxyl groups excluding tert-OH is 1. The highest BCUT2D eigenvalue weighted by Gasteiger charge is 2.25. The molecular weight excluding hydrogens is 132 g/mol. The molecule has 3 nitrogen and oxygen atoms in total. The van der Waals surface area contributed by atoms with Crippen LogP contribution in [0.3, 0.4) is 0 Å². The largest absolute Gasteiger partial charge is 0.389 e. The van der Waals surface area contributed by atoms with Crippen LogP contribution in [0.1, 0.15) is 20.8 Å². The van der Waals surface area contributed by atoms with Gasteiger partial charge in [0, 0.05) is 0 Å². The van der Waals surface area contributed by atoms with E-state index < -0.39 is 11.7 Å². The van der Waals surface area contributed by atoms with E-state index in [1.807, 2.05) is 0 Å². The van der Waals surface area contributed by atoms with E-state index in [4.69, 9.17) is 10.4 Å². The van der Waals surface area contributed by atoms with Crippen LogP contribution in [-0.2, 0) is 4.89 Å². The van der Waals surface area contributed by atoms with Crippen molar-refractivity contribution in [3.05, 3.63) is 12.2 Å². The van der Waals surface area contributed by atoms with Crippen LogP contribution in [0.5, 0.6) is 0 Å². The van der Waals surface area contributed by atoms with Crippen LogP contribution in [0.15, 0.2) is 12.2 Å². The van der Waals surface area contributed by atoms with Crippen molar-refractivity contribution in [2.45, 2.75) is 32.5 Å². The van der Waals surface area contributed by atoms with Crippen molar-refractivity contribution >= 4 is 0 Å². The van der Waals surface area contributed by atoms with Crippen LogP contribution in [0.2, 0.25) is 0 Å². The minimum Gasteiger partial charge on any atom is -0.389 e. The minimum absolute atomic E-state index is 0.454. The average Bonchev–Trinajstić information content (AvgIpc) is 1.86. The van der Waals surface area contributed by atoms with Gasteiger partial charge < -0.3 is 5.11 Å². The molecule has 0 saturated carbocycles. The van der Waals surface area contributed by atoms with Gasteiger partial charge in [0.2, 0.25) is 0 Å². The van der Waals surface area contributed by atoms with Crippen LogP contribution in [0.4, 0.5) is 0 Å². The average molecular weight is 146 g/mol. The molecule has 0 saturated heterocycles. The molecule has 0 rings (SSSR count). The van der Waals surface area contributed by atoms with E-state index in [2.05, 4.69) is 11.5 Å². The van der Waals surface area contributed by atoms with E-state index in [9.17, 15) is 0 Å². The predicted octanol–water partition coefficient (Wildman–Crippen LogP) is 1.19. The Balaban J connectivity index is 4.19. The van der Waals surface area contributed by atoms with E-state index in [0.717, 1.165) is 0 Å². The molecule has 1 atom stereocenters. The highest BCUT2D eigenvalue weighted by Crippen LogP contribution is 2.20. The topological polar surface area (TPSA) is 49.7 Å². The Kier molecular flexibility index (Phi) is 3.02. The van der Waals surface area contributed by atoms with Crippen LogP contribution in [0, 0.1) is 0 Å². The van der Waals surface area contributed by atoms with Crippen molar-refractivity contribution in [2.24, 2.45) is 0 Å². The van der Waals surface area contributed by atoms with Crippen molar-refractivity contribution in [2.75, 3.05) is 0 Å². The van der Waals surface area contributed by atoms with Crippen molar-refractivity contribution in [1.82, 2.24) is 0 Å². The Morgan fingerprint density at radius 1 is 1.60 bits per heavy atom. The molecule has 0 radical (unpaired) electrons. The summed E-state index contributed by atoms with van der Waals surface area (Å²) in [4.78, 5) is 4.10. The van der Waals surface area contributed by atoms with Crippen LogP contribution in [-0.4, -0.2) is 22.1 Å². The standard InChI is InChI=1S/C7H14O3/c1-5(6(2)8)7(3,4)10-9/h6,8-9H,1H2,2-4H3. The van der Waals surface area contributed by atoms with Crippen molar-refractivity contribution in [1.29, 1.82) is 0 Å². The Morgan fingerprint density at radius 2 is 2.00 bits per heavy atom. The smallest absolute Gasteiger partial charge is 0.121 e. The van der Waals surface area contributed by atoms with Crippen LogP contribution >= 0.6 is 0 Å². The summed E-state index contributed by atoms with van der Waals surface area (Å²) < 4.78 is 0. The minimum atomic E-state index is -0.867. The lowest BCUT2D eigenvalue weighted by molar-refractivity contribution is -0.302. The maximum Gasteiger partial charge on any atom is 0.121 e. The fourth-order valence-electron chi connectivity index (χ4n) is 0.562. The molecule has 0 aliphatic rings. The van der Waals surface area contributed by atoms with Gasteiger partial charge in [-0.05, 0) is 26.3 Å². The lowest BCUT2D eigenvalue weighted by Gasteiger charge is -2.24. The second kappa shape index (κ2) is 3.14. The number of rotatable bonds is 3. The summed E-state index contributed by atoms with van der Waals surface area (Å²) in [7, 11) is 0. The summed E-state index contributed by atoms with van der Waals surface area (Å²) >= 11 is 0. The number of hydrogen-bond acceptors (Lipinski definition) is 3. The van der Waals surface area contributed by atoms with Gasteiger partial charge in [0.1, 0.15) is 5.60 Å². The highest BCUT2D eigenvalue weighted by molar-refractivity contribution is 5.12. The van der Waals surface area contributed by atoms with Crippen LogP contribution < -0.4 is 0 Å². The first-order chi connectivity index (χ1) is 4.41. The monoisotopic (exact) mass is 146 g/mol. The molecule has 0 spiro atoms. The number of hydrogen-bond donors (Lipinski definition) is 2. The van der Waals surface area contributed by atoms with Crippen molar-refractivity contribution in [3.8, 4) is 0 Å². The van der Waals surface area contributed by atoms with Crippen molar-refractivity contribution in [3.63, 3.8) is 0 Å². The van der Waals surface area contributed by atoms with Crippen LogP contribution in [0.25, 0.3) is 0 Å². The van der Waals surface area contributed by atoms with Gasteiger partial charge in [-0.25, -0.2) is 4.89 Å². The molecule has 0 amide bonds. The highest BCUT2D eigenvalue weighted by atomic mass is 17.1. The second-order valence-corrected chi connectivity index (χ2v) is 2.80. The maximum atomic E-state index is 9.00. The molecule has 3 heteroatoms. The normalized spacial score (nSPS) is 14.9. The molecule has 0 heterocycles. The molecule has 2 N–H and O–H groups in total. The molecule has 0 fully saturated rings. The van der Waals surface area contributed by atoms with E-state index in [-0.39, 0.29) is 0 Å². The summed E-state index contributed by atoms with van der Waals surface area (Å²) in [6, 6.07) is 0. The fourth-order valence-corrected chi connectivity index (χ4v) is 0.562. The Labute approximate surface area is 60.9 Å². The van der Waals surface area contributed by atoms with Gasteiger partial charge in [-0.1, -0.05) is 6.58 Å². The summed E-state index contributed by atoms with van der Waals surface area (Å²) in [6.45, 7) is 8.39. The lowest BCUT2D eigenvalue weighted by Crippen LogP contribution is -2.30. The quantitative estimate of drug-likeness (QED) is 0.357. The Morgan fingerprint density at radius 3 is 2.10 bits per heavy atom. The van der Waals surface area contributed by atoms with Gasteiger partial charge in [0.25, 0.3) is 0 Å². The maximum absolute atomic E-state index is 9.00. The molecule has 0 aromatic carbocycles. The zero-order chi connectivity index (χ0) is 8.36. The summed E-state index contributed by atoms with van der Waals surface area (Å²) in [5.41, 5.74) is -0.413. The van der Waals surface area contributed by atoms with E-state index in [0.29, 0.717) is 5.57 Å². The second-order valence-electron chi connectivity index (χ2n) is 2.80. The molecule has 10 heavy (non-hydrogen) atoms. The third kappa shape index (κ3) is 2.10. The Hall–Kier alpha value is -0.380. The van der Waals surface area contributed by atoms with Gasteiger partial charge in [0.05, 0.1) is 6.10 Å². The van der Waals surface area contributed by atoms with Gasteiger partial charge >= 0.3 is 0 Å². The third-order valence-electron chi connectivity index (χ3n) is 1.51. The molecule has 0 aliphatic carbocycles. The predicted molar refractivity (Wildman–Crippen MR) is 38.6 cm³/mol. The molecule has 1 unspecified atom stereocenters. The molecular formula is C7H14O3. The Bertz CT molecular complexity index is 127. The fraction of sp³-hybridized carbons (Fsp3) is 0.714. The molecule has 0 aromatic rings. The first kappa shape index (κ1) is 9.62. The van der Waals surface area contributed by atoms with Crippen molar-refractivity contribution < 1.29 is 15.3 Å². The van der Waals surface area contributed by atoms with Gasteiger partial charge in [-0.2, -0.15) is 0 Å². The SMILES string of the molecule is C=C(C(C)O)C(C)(C)OO. The van der Waals surface area contributed by atoms with E-state index >= 15 is 0 Å². The first-order valence-corrected chi connectivity index (χ1v) is 3.11. The number of aliphatic hydroxyl groups is 1. The molecule has 0 aliphatic heterocycles. The van der Waals surface area contributed by atoms with Gasteiger partial charge in [-0.15, -0.1) is 0 Å². The summed E-state index contributed by atoms with van der Waals surface area (Å²) in [5.74, 6) is 0. The summed E-state index contributed by atoms with van der Waals surface area (Å²) in [5, 5.41) is 17.3. The van der Waals surface area contributed by atoms with E-state index in [1.165, 1.54) is 0 Å². The zero-order valence-corrected chi connectivity index (χ0v) is 6.59. The molecule has 0 bridgehead atoms. The van der Waals surface area contributed by atoms with E-state index in [1.54, 1.807) is 20.8 Å². The molecule has 0 aromatic heterocycles. The summed E-state index contributed by atoms with van der Waals surface area (Å²) in [6.07, 6.45) is -0.665. The van der Waals surface area contributed by atoms with Gasteiger partial charge in [0.15, 0.2) is 0 Å². The zero-order valence-electron chi connectivity index (χ0n) is 6.59. The first-order valence-electron chi connectivity index (χ1n) is 3.11. The molecule has 60 valence electrons. The lowest BCUT2D eigenvalue weighted by atomic mass is 9.96.